The molecule has 150 valence electrons. The van der Waals surface area contributed by atoms with Gasteiger partial charge in [0.1, 0.15) is 29.9 Å². The van der Waals surface area contributed by atoms with E-state index >= 15 is 0 Å². The quantitative estimate of drug-likeness (QED) is 0.337. The van der Waals surface area contributed by atoms with E-state index in [-0.39, 0.29) is 30.1 Å². The molecule has 1 heterocycles. The van der Waals surface area contributed by atoms with Gasteiger partial charge in [-0.05, 0) is 52.0 Å². The van der Waals surface area contributed by atoms with Crippen LogP contribution in [0.5, 0.6) is 11.5 Å². The van der Waals surface area contributed by atoms with Crippen LogP contribution in [-0.4, -0.2) is 37.2 Å². The molecule has 1 aromatic heterocycles. The predicted octanol–water partition coefficient (Wildman–Crippen LogP) is 3.44. The molecule has 0 aliphatic heterocycles. The van der Waals surface area contributed by atoms with Crippen LogP contribution in [0.4, 0.5) is 0 Å². The zero-order valence-electron chi connectivity index (χ0n) is 16.5. The fraction of sp³-hybridized carbons (Fsp3) is 0.474. The van der Waals surface area contributed by atoms with Gasteiger partial charge in [0.15, 0.2) is 5.96 Å². The number of aliphatic imine (C=N–C) groups is 1. The van der Waals surface area contributed by atoms with Gasteiger partial charge in [-0.15, -0.1) is 24.0 Å². The zero-order valence-corrected chi connectivity index (χ0v) is 18.9. The highest BCUT2D eigenvalue weighted by Gasteiger charge is 2.08. The van der Waals surface area contributed by atoms with Crippen molar-refractivity contribution in [2.75, 3.05) is 20.2 Å². The van der Waals surface area contributed by atoms with E-state index in [0.717, 1.165) is 29.5 Å². The molecule has 1 unspecified atom stereocenters. The third-order valence-corrected chi connectivity index (χ3v) is 3.74. The van der Waals surface area contributed by atoms with Crippen molar-refractivity contribution in [2.45, 2.75) is 40.3 Å². The van der Waals surface area contributed by atoms with Gasteiger partial charge in [-0.2, -0.15) is 0 Å². The van der Waals surface area contributed by atoms with E-state index < -0.39 is 0 Å². The number of nitrogens with zero attached hydrogens (tertiary/aromatic N) is 2. The number of oxazole rings is 1. The molecule has 1 aromatic carbocycles. The third kappa shape index (κ3) is 7.66. The molecule has 0 fully saturated rings. The number of aromatic nitrogens is 1. The SMILES string of the molecule is CCNC(=NCc1nc(C)c(C)o1)NCC(C)Oc1ccc(OC)cc1.I. The van der Waals surface area contributed by atoms with E-state index in [1.807, 2.05) is 52.0 Å². The van der Waals surface area contributed by atoms with Crippen molar-refractivity contribution in [1.29, 1.82) is 0 Å². The van der Waals surface area contributed by atoms with Crippen LogP contribution in [0.1, 0.15) is 31.2 Å². The number of hydrogen-bond acceptors (Lipinski definition) is 5. The second kappa shape index (κ2) is 11.7. The molecule has 0 radical (unpaired) electrons. The Balaban J connectivity index is 0.00000364. The van der Waals surface area contributed by atoms with E-state index in [2.05, 4.69) is 20.6 Å². The second-order valence-corrected chi connectivity index (χ2v) is 5.93. The lowest BCUT2D eigenvalue weighted by molar-refractivity contribution is 0.223. The number of methoxy groups -OCH3 is 1. The van der Waals surface area contributed by atoms with Crippen LogP contribution in [0.25, 0.3) is 0 Å². The third-order valence-electron chi connectivity index (χ3n) is 3.74. The van der Waals surface area contributed by atoms with Gasteiger partial charge in [-0.25, -0.2) is 9.98 Å². The van der Waals surface area contributed by atoms with E-state index in [1.165, 1.54) is 0 Å². The molecule has 1 atom stereocenters. The number of nitrogens with one attached hydrogen (secondary N) is 2. The molecule has 2 rings (SSSR count). The first-order valence-corrected chi connectivity index (χ1v) is 8.77. The highest BCUT2D eigenvalue weighted by atomic mass is 127. The summed E-state index contributed by atoms with van der Waals surface area (Å²) in [6.07, 6.45) is -0.0292. The first-order chi connectivity index (χ1) is 12.5. The summed E-state index contributed by atoms with van der Waals surface area (Å²) >= 11 is 0. The zero-order chi connectivity index (χ0) is 18.9. The first kappa shape index (κ1) is 23.1. The molecule has 0 aliphatic rings. The van der Waals surface area contributed by atoms with Gasteiger partial charge in [-0.3, -0.25) is 0 Å². The smallest absolute Gasteiger partial charge is 0.216 e. The number of hydrogen-bond donors (Lipinski definition) is 2. The van der Waals surface area contributed by atoms with Crippen LogP contribution < -0.4 is 20.1 Å². The van der Waals surface area contributed by atoms with E-state index in [1.54, 1.807) is 7.11 Å². The van der Waals surface area contributed by atoms with Crippen LogP contribution in [0, 0.1) is 13.8 Å². The summed E-state index contributed by atoms with van der Waals surface area (Å²) < 4.78 is 16.6. The maximum atomic E-state index is 5.89. The molecule has 0 bridgehead atoms. The molecule has 0 amide bonds. The van der Waals surface area contributed by atoms with Crippen molar-refractivity contribution in [3.05, 3.63) is 41.6 Å². The van der Waals surface area contributed by atoms with E-state index in [9.17, 15) is 0 Å². The number of benzene rings is 1. The van der Waals surface area contributed by atoms with Crippen molar-refractivity contribution in [3.8, 4) is 11.5 Å². The normalized spacial score (nSPS) is 12.1. The lowest BCUT2D eigenvalue weighted by Gasteiger charge is -2.17. The Morgan fingerprint density at radius 3 is 2.41 bits per heavy atom. The highest BCUT2D eigenvalue weighted by molar-refractivity contribution is 14.0. The minimum absolute atomic E-state index is 0. The topological polar surface area (TPSA) is 80.9 Å². The minimum Gasteiger partial charge on any atom is -0.497 e. The van der Waals surface area contributed by atoms with Crippen molar-refractivity contribution >= 4 is 29.9 Å². The van der Waals surface area contributed by atoms with Gasteiger partial charge in [0.05, 0.1) is 19.3 Å². The molecule has 7 nitrogen and oxygen atoms in total. The summed E-state index contributed by atoms with van der Waals surface area (Å²) in [6, 6.07) is 7.53. The van der Waals surface area contributed by atoms with Crippen LogP contribution in [0.3, 0.4) is 0 Å². The standard InChI is InChI=1S/C19H28N4O3.HI/c1-6-20-19(22-12-18-23-14(3)15(4)26-18)21-11-13(2)25-17-9-7-16(24-5)8-10-17;/h7-10,13H,6,11-12H2,1-5H3,(H2,20,21,22);1H. The Labute approximate surface area is 178 Å². The number of guanidine groups is 1. The number of aryl methyl sites for hydroxylation is 2. The van der Waals surface area contributed by atoms with Crippen molar-refractivity contribution < 1.29 is 13.9 Å². The summed E-state index contributed by atoms with van der Waals surface area (Å²) in [5, 5.41) is 6.48. The summed E-state index contributed by atoms with van der Waals surface area (Å²) in [5.74, 6) is 3.75. The Kier molecular flexibility index (Phi) is 9.98. The Hall–Kier alpha value is -1.97. The Morgan fingerprint density at radius 1 is 1.19 bits per heavy atom. The monoisotopic (exact) mass is 488 g/mol. The van der Waals surface area contributed by atoms with Crippen LogP contribution in [0.15, 0.2) is 33.7 Å². The predicted molar refractivity (Wildman–Crippen MR) is 117 cm³/mol. The summed E-state index contributed by atoms with van der Waals surface area (Å²) in [6.45, 7) is 9.61. The van der Waals surface area contributed by atoms with Gasteiger partial charge in [-0.1, -0.05) is 0 Å². The fourth-order valence-corrected chi connectivity index (χ4v) is 2.26. The lowest BCUT2D eigenvalue weighted by Crippen LogP contribution is -2.41. The summed E-state index contributed by atoms with van der Waals surface area (Å²) in [4.78, 5) is 8.85. The molecule has 27 heavy (non-hydrogen) atoms. The Morgan fingerprint density at radius 2 is 1.85 bits per heavy atom. The molecule has 0 spiro atoms. The number of rotatable bonds is 8. The number of halogens is 1. The second-order valence-electron chi connectivity index (χ2n) is 5.93. The van der Waals surface area contributed by atoms with E-state index in [0.29, 0.717) is 24.9 Å². The van der Waals surface area contributed by atoms with Gasteiger partial charge < -0.3 is 24.5 Å². The number of ether oxygens (including phenoxy) is 2. The van der Waals surface area contributed by atoms with Crippen molar-refractivity contribution in [1.82, 2.24) is 15.6 Å². The van der Waals surface area contributed by atoms with Gasteiger partial charge in [0.25, 0.3) is 0 Å². The van der Waals surface area contributed by atoms with E-state index in [4.69, 9.17) is 13.9 Å². The molecule has 8 heteroatoms. The lowest BCUT2D eigenvalue weighted by atomic mass is 10.3. The summed E-state index contributed by atoms with van der Waals surface area (Å²) in [7, 11) is 1.64. The van der Waals surface area contributed by atoms with Crippen LogP contribution >= 0.6 is 24.0 Å². The van der Waals surface area contributed by atoms with Crippen molar-refractivity contribution in [2.24, 2.45) is 4.99 Å². The molecule has 2 N–H and O–H groups in total. The summed E-state index contributed by atoms with van der Waals surface area (Å²) in [5.41, 5.74) is 0.898. The maximum Gasteiger partial charge on any atom is 0.216 e. The highest BCUT2D eigenvalue weighted by Crippen LogP contribution is 2.18. The van der Waals surface area contributed by atoms with Gasteiger partial charge in [0, 0.05) is 6.54 Å². The molecular formula is C19H29IN4O3. The molecule has 0 saturated carbocycles. The minimum atomic E-state index is -0.0292. The van der Waals surface area contributed by atoms with Crippen molar-refractivity contribution in [3.63, 3.8) is 0 Å². The average Bonchev–Trinajstić information content (AvgIpc) is 2.96. The largest absolute Gasteiger partial charge is 0.497 e. The van der Waals surface area contributed by atoms with Crippen LogP contribution in [-0.2, 0) is 6.54 Å². The Bertz CT molecular complexity index is 697. The molecule has 0 aliphatic carbocycles. The fourth-order valence-electron chi connectivity index (χ4n) is 2.26. The first-order valence-electron chi connectivity index (χ1n) is 8.77. The van der Waals surface area contributed by atoms with Gasteiger partial charge >= 0.3 is 0 Å². The van der Waals surface area contributed by atoms with Crippen LogP contribution in [0.2, 0.25) is 0 Å². The molecule has 0 saturated heterocycles. The maximum absolute atomic E-state index is 5.89. The molecular weight excluding hydrogens is 459 g/mol. The average molecular weight is 488 g/mol. The molecule has 2 aromatic rings. The van der Waals surface area contributed by atoms with Gasteiger partial charge in [0.2, 0.25) is 5.89 Å².